The van der Waals surface area contributed by atoms with Crippen LogP contribution in [0.1, 0.15) is 30.9 Å². The van der Waals surface area contributed by atoms with Gasteiger partial charge in [0, 0.05) is 0 Å². The molecule has 0 atom stereocenters. The molecule has 0 unspecified atom stereocenters. The molecule has 3 rings (SSSR count). The molecule has 0 saturated heterocycles. The summed E-state index contributed by atoms with van der Waals surface area (Å²) in [4.78, 5) is 17.2. The first-order valence-corrected chi connectivity index (χ1v) is 11.3. The summed E-state index contributed by atoms with van der Waals surface area (Å²) >= 11 is 1.20. The van der Waals surface area contributed by atoms with Crippen LogP contribution < -0.4 is 9.94 Å². The first-order valence-electron chi connectivity index (χ1n) is 8.95. The highest BCUT2D eigenvalue weighted by Gasteiger charge is 2.13. The Morgan fingerprint density at radius 2 is 1.93 bits per heavy atom. The number of amides is 1. The van der Waals surface area contributed by atoms with Gasteiger partial charge in [-0.25, -0.2) is 13.6 Å². The lowest BCUT2D eigenvalue weighted by molar-refractivity contribution is -0.117. The second-order valence-electron chi connectivity index (χ2n) is 6.93. The lowest BCUT2D eigenvalue weighted by atomic mass is 10.0. The van der Waals surface area contributed by atoms with Crippen LogP contribution in [0.3, 0.4) is 0 Å². The zero-order valence-corrected chi connectivity index (χ0v) is 17.8. The van der Waals surface area contributed by atoms with Crippen molar-refractivity contribution in [2.24, 2.45) is 10.1 Å². The van der Waals surface area contributed by atoms with Gasteiger partial charge in [-0.3, -0.25) is 4.79 Å². The average Bonchev–Trinajstić information content (AvgIpc) is 2.98. The smallest absolute Gasteiger partial charge is 0.252 e. The number of nitrogens with two attached hydrogens (primary N) is 1. The molecule has 0 aliphatic carbocycles. The highest BCUT2D eigenvalue weighted by molar-refractivity contribution is 7.89. The Morgan fingerprint density at radius 1 is 1.24 bits per heavy atom. The highest BCUT2D eigenvalue weighted by Crippen LogP contribution is 2.21. The number of terminal acetylenes is 1. The van der Waals surface area contributed by atoms with Gasteiger partial charge in [0.2, 0.25) is 10.0 Å². The van der Waals surface area contributed by atoms with Crippen molar-refractivity contribution in [3.63, 3.8) is 0 Å². The molecule has 6 nitrogen and oxygen atoms in total. The molecule has 0 spiro atoms. The molecule has 0 bridgehead atoms. The summed E-state index contributed by atoms with van der Waals surface area (Å²) in [6, 6.07) is 12.4. The Balaban J connectivity index is 1.98. The monoisotopic (exact) mass is 427 g/mol. The van der Waals surface area contributed by atoms with E-state index in [0.717, 1.165) is 5.56 Å². The third kappa shape index (κ3) is 4.82. The second-order valence-corrected chi connectivity index (χ2v) is 9.50. The lowest BCUT2D eigenvalue weighted by Crippen LogP contribution is -2.17. The van der Waals surface area contributed by atoms with Crippen LogP contribution in [0.4, 0.5) is 0 Å². The van der Waals surface area contributed by atoms with E-state index in [2.05, 4.69) is 24.8 Å². The molecule has 1 heterocycles. The van der Waals surface area contributed by atoms with Crippen molar-refractivity contribution in [1.82, 2.24) is 4.57 Å². The van der Waals surface area contributed by atoms with Gasteiger partial charge in [-0.1, -0.05) is 55.4 Å². The van der Waals surface area contributed by atoms with Crippen LogP contribution in [0.2, 0.25) is 0 Å². The van der Waals surface area contributed by atoms with Crippen molar-refractivity contribution in [1.29, 1.82) is 0 Å². The van der Waals surface area contributed by atoms with Crippen LogP contribution in [0.5, 0.6) is 0 Å². The minimum atomic E-state index is -3.82. The number of benzene rings is 2. The van der Waals surface area contributed by atoms with Crippen molar-refractivity contribution in [3.8, 4) is 12.3 Å². The molecule has 2 aromatic carbocycles. The Bertz CT molecular complexity index is 1280. The van der Waals surface area contributed by atoms with Gasteiger partial charge >= 0.3 is 0 Å². The molecule has 3 aromatic rings. The van der Waals surface area contributed by atoms with Gasteiger partial charge in [-0.05, 0) is 35.2 Å². The zero-order valence-electron chi connectivity index (χ0n) is 16.1. The average molecular weight is 428 g/mol. The summed E-state index contributed by atoms with van der Waals surface area (Å²) in [7, 11) is -3.82. The van der Waals surface area contributed by atoms with Crippen LogP contribution in [0.25, 0.3) is 10.2 Å². The molecule has 0 aliphatic heterocycles. The van der Waals surface area contributed by atoms with E-state index in [1.165, 1.54) is 29.0 Å². The number of nitrogens with zero attached hydrogens (tertiary/aromatic N) is 2. The van der Waals surface area contributed by atoms with Crippen LogP contribution in [0.15, 0.2) is 52.4 Å². The zero-order chi connectivity index (χ0) is 21.2. The third-order valence-corrected chi connectivity index (χ3v) is 6.41. The predicted octanol–water partition coefficient (Wildman–Crippen LogP) is 2.78. The summed E-state index contributed by atoms with van der Waals surface area (Å²) in [5.74, 6) is 2.67. The van der Waals surface area contributed by atoms with Crippen molar-refractivity contribution in [2.75, 3.05) is 0 Å². The minimum Gasteiger partial charge on any atom is -0.305 e. The summed E-state index contributed by atoms with van der Waals surface area (Å²) in [5, 5.41) is 5.21. The topological polar surface area (TPSA) is 94.5 Å². The van der Waals surface area contributed by atoms with Crippen molar-refractivity contribution < 1.29 is 13.2 Å². The Morgan fingerprint density at radius 3 is 2.52 bits per heavy atom. The van der Waals surface area contributed by atoms with Crippen LogP contribution >= 0.6 is 11.3 Å². The summed E-state index contributed by atoms with van der Waals surface area (Å²) < 4.78 is 25.6. The maximum absolute atomic E-state index is 12.5. The van der Waals surface area contributed by atoms with Gasteiger partial charge < -0.3 is 4.57 Å². The van der Waals surface area contributed by atoms with E-state index >= 15 is 0 Å². The molecule has 1 aromatic heterocycles. The second kappa shape index (κ2) is 8.33. The Hall–Kier alpha value is -2.73. The van der Waals surface area contributed by atoms with Crippen LogP contribution in [-0.4, -0.2) is 18.9 Å². The molecule has 0 fully saturated rings. The summed E-state index contributed by atoms with van der Waals surface area (Å²) in [5.41, 5.74) is 2.79. The van der Waals surface area contributed by atoms with E-state index in [1.54, 1.807) is 10.6 Å². The molecule has 1 amide bonds. The fourth-order valence-electron chi connectivity index (χ4n) is 2.90. The maximum Gasteiger partial charge on any atom is 0.252 e. The molecular weight excluding hydrogens is 406 g/mol. The van der Waals surface area contributed by atoms with E-state index in [4.69, 9.17) is 11.6 Å². The minimum absolute atomic E-state index is 0.00206. The number of rotatable bonds is 5. The quantitative estimate of drug-likeness (QED) is 0.634. The van der Waals surface area contributed by atoms with Gasteiger partial charge in [-0.15, -0.1) is 6.42 Å². The molecule has 0 aliphatic rings. The molecule has 8 heteroatoms. The lowest BCUT2D eigenvalue weighted by Gasteiger charge is -2.05. The van der Waals surface area contributed by atoms with Gasteiger partial charge in [0.05, 0.1) is 28.1 Å². The van der Waals surface area contributed by atoms with E-state index in [1.807, 2.05) is 24.3 Å². The summed E-state index contributed by atoms with van der Waals surface area (Å²) in [6.45, 7) is 4.44. The molecule has 0 radical (unpaired) electrons. The third-order valence-electron chi connectivity index (χ3n) is 4.45. The van der Waals surface area contributed by atoms with Crippen molar-refractivity contribution >= 4 is 37.5 Å². The normalized spacial score (nSPS) is 12.4. The fourth-order valence-corrected chi connectivity index (χ4v) is 4.60. The van der Waals surface area contributed by atoms with Crippen molar-refractivity contribution in [3.05, 3.63) is 58.4 Å². The van der Waals surface area contributed by atoms with Gasteiger partial charge in [0.1, 0.15) is 0 Å². The van der Waals surface area contributed by atoms with Gasteiger partial charge in [0.15, 0.2) is 4.80 Å². The number of primary sulfonamides is 1. The molecule has 29 heavy (non-hydrogen) atoms. The number of hydrogen-bond acceptors (Lipinski definition) is 4. The standard InChI is InChI=1S/C21H21N3O3S2/c1-4-11-24-18-10-9-17(29(22,26)27)13-19(18)28-21(24)23-20(25)12-15-5-7-16(8-6-15)14(2)3/h1,5-10,13-14H,11-12H2,2-3H3,(H2,22,26,27). The largest absolute Gasteiger partial charge is 0.305 e. The number of fused-ring (bicyclic) bond motifs is 1. The van der Waals surface area contributed by atoms with Gasteiger partial charge in [0.25, 0.3) is 5.91 Å². The molecule has 150 valence electrons. The first kappa shape index (κ1) is 21.0. The molecule has 0 saturated carbocycles. The first-order chi connectivity index (χ1) is 13.7. The van der Waals surface area contributed by atoms with Crippen LogP contribution in [-0.2, 0) is 27.8 Å². The number of hydrogen-bond donors (Lipinski definition) is 1. The van der Waals surface area contributed by atoms with Crippen molar-refractivity contribution in [2.45, 2.75) is 37.6 Å². The number of thiazole rings is 1. The maximum atomic E-state index is 12.5. The molecule has 2 N–H and O–H groups in total. The summed E-state index contributed by atoms with van der Waals surface area (Å²) in [6.07, 6.45) is 5.63. The van der Waals surface area contributed by atoms with Crippen LogP contribution in [0, 0.1) is 12.3 Å². The van der Waals surface area contributed by atoms with Gasteiger partial charge in [-0.2, -0.15) is 4.99 Å². The Kier molecular flexibility index (Phi) is 6.03. The van der Waals surface area contributed by atoms with E-state index < -0.39 is 10.0 Å². The number of carbonyl (C=O) groups excluding carboxylic acids is 1. The number of sulfonamides is 1. The highest BCUT2D eigenvalue weighted by atomic mass is 32.2. The van der Waals surface area contributed by atoms with E-state index in [9.17, 15) is 13.2 Å². The number of aromatic nitrogens is 1. The van der Waals surface area contributed by atoms with E-state index in [-0.39, 0.29) is 23.8 Å². The Labute approximate surface area is 173 Å². The number of carbonyl (C=O) groups is 1. The fraction of sp³-hybridized carbons (Fsp3) is 0.238. The molecular formula is C21H21N3O3S2. The predicted molar refractivity (Wildman–Crippen MR) is 115 cm³/mol. The van der Waals surface area contributed by atoms with E-state index in [0.29, 0.717) is 20.9 Å². The SMILES string of the molecule is C#CCn1c(=NC(=O)Cc2ccc(C(C)C)cc2)sc2cc(S(N)(=O)=O)ccc21.